The number of carboxylic acid groups (broad SMARTS) is 1. The molecule has 0 spiro atoms. The van der Waals surface area contributed by atoms with Crippen LogP contribution in [0.1, 0.15) is 20.7 Å². The van der Waals surface area contributed by atoms with Gasteiger partial charge < -0.3 is 10.4 Å². The summed E-state index contributed by atoms with van der Waals surface area (Å²) in [5.41, 5.74) is -0.800. The molecule has 1 amide bonds. The molecule has 0 aliphatic heterocycles. The second-order valence-electron chi connectivity index (χ2n) is 4.05. The van der Waals surface area contributed by atoms with Crippen molar-refractivity contribution in [3.63, 3.8) is 0 Å². The van der Waals surface area contributed by atoms with E-state index in [2.05, 4.69) is 5.32 Å². The number of hydrogen-bond acceptors (Lipinski definition) is 2. The summed E-state index contributed by atoms with van der Waals surface area (Å²) in [6.07, 6.45) is 0. The lowest BCUT2D eigenvalue weighted by atomic mass is 10.1. The van der Waals surface area contributed by atoms with E-state index in [4.69, 9.17) is 16.7 Å². The number of carbonyl (C=O) groups is 2. The van der Waals surface area contributed by atoms with Crippen molar-refractivity contribution in [3.8, 4) is 0 Å². The van der Waals surface area contributed by atoms with Gasteiger partial charge in [-0.1, -0.05) is 17.7 Å². The number of halogens is 3. The van der Waals surface area contributed by atoms with Gasteiger partial charge in [0.25, 0.3) is 5.91 Å². The number of aromatic carboxylic acids is 1. The molecule has 4 nitrogen and oxygen atoms in total. The van der Waals surface area contributed by atoms with Gasteiger partial charge in [-0.2, -0.15) is 0 Å². The van der Waals surface area contributed by atoms with Crippen molar-refractivity contribution in [1.29, 1.82) is 0 Å². The molecule has 21 heavy (non-hydrogen) atoms. The van der Waals surface area contributed by atoms with Gasteiger partial charge in [0.2, 0.25) is 0 Å². The Morgan fingerprint density at radius 3 is 2.48 bits per heavy atom. The Labute approximate surface area is 123 Å². The first-order chi connectivity index (χ1) is 9.90. The van der Waals surface area contributed by atoms with E-state index in [9.17, 15) is 18.4 Å². The van der Waals surface area contributed by atoms with Gasteiger partial charge in [0, 0.05) is 6.07 Å². The fraction of sp³-hybridized carbons (Fsp3) is 0. The largest absolute Gasteiger partial charge is 0.478 e. The summed E-state index contributed by atoms with van der Waals surface area (Å²) in [5.74, 6) is -4.11. The summed E-state index contributed by atoms with van der Waals surface area (Å²) in [5, 5.41) is 11.2. The molecule has 0 fully saturated rings. The lowest BCUT2D eigenvalue weighted by Gasteiger charge is -2.10. The second-order valence-corrected chi connectivity index (χ2v) is 4.45. The SMILES string of the molecule is O=C(Nc1cccc(Cl)c1C(=O)O)c1ccc(F)cc1F. The van der Waals surface area contributed by atoms with Crippen LogP contribution < -0.4 is 5.32 Å². The number of carbonyl (C=O) groups excluding carboxylic acids is 1. The summed E-state index contributed by atoms with van der Waals surface area (Å²) in [6, 6.07) is 6.54. The number of amides is 1. The van der Waals surface area contributed by atoms with E-state index in [-0.39, 0.29) is 16.3 Å². The zero-order valence-electron chi connectivity index (χ0n) is 10.4. The molecular formula is C14H8ClF2NO3. The average molecular weight is 312 g/mol. The van der Waals surface area contributed by atoms with E-state index < -0.39 is 29.1 Å². The Morgan fingerprint density at radius 2 is 1.86 bits per heavy atom. The van der Waals surface area contributed by atoms with Crippen molar-refractivity contribution in [1.82, 2.24) is 0 Å². The summed E-state index contributed by atoms with van der Waals surface area (Å²) in [6.45, 7) is 0. The minimum absolute atomic E-state index is 0.0696. The van der Waals surface area contributed by atoms with Crippen LogP contribution in [0.2, 0.25) is 5.02 Å². The molecule has 2 N–H and O–H groups in total. The molecule has 0 heterocycles. The number of benzene rings is 2. The standard InChI is InChI=1S/C14H8ClF2NO3/c15-9-2-1-3-11(12(9)14(20)21)18-13(19)8-5-4-7(16)6-10(8)17/h1-6H,(H,18,19)(H,20,21). The highest BCUT2D eigenvalue weighted by molar-refractivity contribution is 6.34. The van der Waals surface area contributed by atoms with E-state index in [1.807, 2.05) is 0 Å². The molecule has 2 aromatic rings. The van der Waals surface area contributed by atoms with Crippen LogP contribution in [-0.4, -0.2) is 17.0 Å². The lowest BCUT2D eigenvalue weighted by Crippen LogP contribution is -2.16. The van der Waals surface area contributed by atoms with Crippen LogP contribution in [0.25, 0.3) is 0 Å². The fourth-order valence-electron chi connectivity index (χ4n) is 1.71. The van der Waals surface area contributed by atoms with E-state index >= 15 is 0 Å². The summed E-state index contributed by atoms with van der Waals surface area (Å²) in [7, 11) is 0. The van der Waals surface area contributed by atoms with Crippen molar-refractivity contribution in [2.75, 3.05) is 5.32 Å². The number of hydrogen-bond donors (Lipinski definition) is 2. The normalized spacial score (nSPS) is 10.2. The quantitative estimate of drug-likeness (QED) is 0.910. The zero-order chi connectivity index (χ0) is 15.6. The van der Waals surface area contributed by atoms with Crippen LogP contribution in [-0.2, 0) is 0 Å². The van der Waals surface area contributed by atoms with Gasteiger partial charge in [0.1, 0.15) is 17.2 Å². The maximum absolute atomic E-state index is 13.5. The van der Waals surface area contributed by atoms with Gasteiger partial charge in [0.05, 0.1) is 16.3 Å². The molecule has 0 aliphatic rings. The monoisotopic (exact) mass is 311 g/mol. The molecule has 0 unspecified atom stereocenters. The number of nitrogens with one attached hydrogen (secondary N) is 1. The minimum atomic E-state index is -1.34. The van der Waals surface area contributed by atoms with Gasteiger partial charge in [-0.05, 0) is 24.3 Å². The Kier molecular flexibility index (Phi) is 4.18. The van der Waals surface area contributed by atoms with Gasteiger partial charge in [-0.15, -0.1) is 0 Å². The van der Waals surface area contributed by atoms with Crippen LogP contribution in [0.4, 0.5) is 14.5 Å². The third-order valence-electron chi connectivity index (χ3n) is 2.65. The molecule has 0 saturated heterocycles. The molecule has 2 rings (SSSR count). The van der Waals surface area contributed by atoms with Crippen molar-refractivity contribution in [2.45, 2.75) is 0 Å². The molecule has 0 radical (unpaired) electrons. The maximum Gasteiger partial charge on any atom is 0.339 e. The second kappa shape index (κ2) is 5.88. The van der Waals surface area contributed by atoms with Gasteiger partial charge in [-0.3, -0.25) is 4.79 Å². The first-order valence-electron chi connectivity index (χ1n) is 5.68. The maximum atomic E-state index is 13.5. The van der Waals surface area contributed by atoms with Crippen molar-refractivity contribution in [2.24, 2.45) is 0 Å². The lowest BCUT2D eigenvalue weighted by molar-refractivity contribution is 0.0698. The molecule has 108 valence electrons. The number of rotatable bonds is 3. The van der Waals surface area contributed by atoms with Crippen LogP contribution >= 0.6 is 11.6 Å². The molecule has 0 atom stereocenters. The van der Waals surface area contributed by atoms with E-state index in [0.717, 1.165) is 12.1 Å². The average Bonchev–Trinajstić information content (AvgIpc) is 2.37. The molecule has 7 heteroatoms. The van der Waals surface area contributed by atoms with Crippen LogP contribution in [0.3, 0.4) is 0 Å². The predicted molar refractivity (Wildman–Crippen MR) is 72.7 cm³/mol. The topological polar surface area (TPSA) is 66.4 Å². The first-order valence-corrected chi connectivity index (χ1v) is 6.06. The van der Waals surface area contributed by atoms with E-state index in [0.29, 0.717) is 6.07 Å². The Morgan fingerprint density at radius 1 is 1.14 bits per heavy atom. The number of anilines is 1. The fourth-order valence-corrected chi connectivity index (χ4v) is 1.96. The van der Waals surface area contributed by atoms with Gasteiger partial charge in [0.15, 0.2) is 0 Å². The molecule has 0 saturated carbocycles. The molecule has 0 aromatic heterocycles. The molecule has 2 aromatic carbocycles. The summed E-state index contributed by atoms with van der Waals surface area (Å²) < 4.78 is 26.3. The van der Waals surface area contributed by atoms with Crippen LogP contribution in [0.5, 0.6) is 0 Å². The Bertz CT molecular complexity index is 734. The minimum Gasteiger partial charge on any atom is -0.478 e. The first kappa shape index (κ1) is 14.9. The molecule has 0 bridgehead atoms. The van der Waals surface area contributed by atoms with Crippen LogP contribution in [0, 0.1) is 11.6 Å². The van der Waals surface area contributed by atoms with Gasteiger partial charge >= 0.3 is 5.97 Å². The third-order valence-corrected chi connectivity index (χ3v) is 2.97. The summed E-state index contributed by atoms with van der Waals surface area (Å²) >= 11 is 5.75. The summed E-state index contributed by atoms with van der Waals surface area (Å²) in [4.78, 5) is 23.0. The highest BCUT2D eigenvalue weighted by atomic mass is 35.5. The van der Waals surface area contributed by atoms with Crippen molar-refractivity contribution < 1.29 is 23.5 Å². The van der Waals surface area contributed by atoms with Crippen molar-refractivity contribution >= 4 is 29.2 Å². The van der Waals surface area contributed by atoms with Gasteiger partial charge in [-0.25, -0.2) is 13.6 Å². The Hall–Kier alpha value is -2.47. The predicted octanol–water partition coefficient (Wildman–Crippen LogP) is 3.57. The highest BCUT2D eigenvalue weighted by Gasteiger charge is 2.18. The molecular weight excluding hydrogens is 304 g/mol. The number of carboxylic acids is 1. The zero-order valence-corrected chi connectivity index (χ0v) is 11.1. The molecule has 0 aliphatic carbocycles. The van der Waals surface area contributed by atoms with Crippen LogP contribution in [0.15, 0.2) is 36.4 Å². The highest BCUT2D eigenvalue weighted by Crippen LogP contribution is 2.25. The third kappa shape index (κ3) is 3.17. The van der Waals surface area contributed by atoms with E-state index in [1.165, 1.54) is 18.2 Å². The van der Waals surface area contributed by atoms with E-state index in [1.54, 1.807) is 0 Å². The smallest absolute Gasteiger partial charge is 0.339 e. The Balaban J connectivity index is 2.36. The van der Waals surface area contributed by atoms with Crippen molar-refractivity contribution in [3.05, 3.63) is 64.2 Å².